The maximum atomic E-state index is 13.1. The van der Waals surface area contributed by atoms with Crippen molar-refractivity contribution < 1.29 is 31.1 Å². The normalized spacial score (nSPS) is 14.4. The van der Waals surface area contributed by atoms with Crippen LogP contribution in [-0.2, 0) is 21.6 Å². The van der Waals surface area contributed by atoms with Gasteiger partial charge in [-0.1, -0.05) is 32.4 Å². The molecule has 0 spiro atoms. The van der Waals surface area contributed by atoms with E-state index in [0.717, 1.165) is 10.4 Å². The summed E-state index contributed by atoms with van der Waals surface area (Å²) in [5, 5.41) is 16.5. The Bertz CT molecular complexity index is 971. The first kappa shape index (κ1) is 23.6. The van der Waals surface area contributed by atoms with Crippen molar-refractivity contribution in [3.8, 4) is 0 Å². The van der Waals surface area contributed by atoms with Gasteiger partial charge in [-0.3, -0.25) is 0 Å². The van der Waals surface area contributed by atoms with Crippen LogP contribution >= 0.6 is 11.6 Å². The van der Waals surface area contributed by atoms with Crippen LogP contribution in [0.15, 0.2) is 27.5 Å². The Balaban J connectivity index is 2.47. The number of nitrogens with zero attached hydrogens (tertiary/aromatic N) is 3. The predicted octanol–water partition coefficient (Wildman–Crippen LogP) is 3.78. The van der Waals surface area contributed by atoms with Crippen molar-refractivity contribution in [2.75, 3.05) is 13.2 Å². The first-order valence-corrected chi connectivity index (χ1v) is 10.3. The van der Waals surface area contributed by atoms with E-state index in [0.29, 0.717) is 12.1 Å². The van der Waals surface area contributed by atoms with E-state index in [4.69, 9.17) is 16.0 Å². The molecule has 2 aromatic rings. The van der Waals surface area contributed by atoms with Crippen LogP contribution in [0.4, 0.5) is 13.2 Å². The molecule has 1 heterocycles. The zero-order valence-corrected chi connectivity index (χ0v) is 17.7. The zero-order valence-electron chi connectivity index (χ0n) is 16.2. The van der Waals surface area contributed by atoms with Crippen LogP contribution in [0.25, 0.3) is 0 Å². The van der Waals surface area contributed by atoms with Crippen LogP contribution in [0.2, 0.25) is 5.02 Å². The summed E-state index contributed by atoms with van der Waals surface area (Å²) in [5.41, 5.74) is -1.54. The van der Waals surface area contributed by atoms with Gasteiger partial charge in [-0.25, -0.2) is 8.42 Å². The first-order valence-electron chi connectivity index (χ1n) is 8.53. The van der Waals surface area contributed by atoms with E-state index in [1.165, 1.54) is 6.92 Å². The smallest absolute Gasteiger partial charge is 0.416 e. The number of alkyl halides is 3. The SMILES string of the molecule is C[C@@H](c1nnc(C(C)(C)C)o1)N(CCO)S(=O)(=O)c1ccc(C(F)(F)F)cc1Cl. The second-order valence-corrected chi connectivity index (χ2v) is 9.62. The van der Waals surface area contributed by atoms with E-state index in [1.54, 1.807) is 0 Å². The lowest BCUT2D eigenvalue weighted by molar-refractivity contribution is -0.137. The van der Waals surface area contributed by atoms with Gasteiger partial charge in [0.15, 0.2) is 0 Å². The van der Waals surface area contributed by atoms with Crippen LogP contribution in [0.3, 0.4) is 0 Å². The minimum Gasteiger partial charge on any atom is -0.423 e. The van der Waals surface area contributed by atoms with Gasteiger partial charge in [0.25, 0.3) is 0 Å². The molecule has 1 atom stereocenters. The highest BCUT2D eigenvalue weighted by atomic mass is 35.5. The van der Waals surface area contributed by atoms with Gasteiger partial charge in [0.1, 0.15) is 10.9 Å². The highest BCUT2D eigenvalue weighted by Gasteiger charge is 2.37. The molecule has 29 heavy (non-hydrogen) atoms. The number of sulfonamides is 1. The molecule has 0 fully saturated rings. The second kappa shape index (κ2) is 8.21. The largest absolute Gasteiger partial charge is 0.423 e. The highest BCUT2D eigenvalue weighted by Crippen LogP contribution is 2.36. The molecule has 12 heteroatoms. The fraction of sp³-hybridized carbons (Fsp3) is 0.529. The molecule has 7 nitrogen and oxygen atoms in total. The monoisotopic (exact) mass is 455 g/mol. The predicted molar refractivity (Wildman–Crippen MR) is 98.8 cm³/mol. The third-order valence-electron chi connectivity index (χ3n) is 4.04. The molecule has 0 aliphatic carbocycles. The maximum Gasteiger partial charge on any atom is 0.416 e. The fourth-order valence-corrected chi connectivity index (χ4v) is 4.56. The molecule has 0 aliphatic heterocycles. The van der Waals surface area contributed by atoms with Crippen molar-refractivity contribution in [1.82, 2.24) is 14.5 Å². The third kappa shape index (κ3) is 5.08. The Morgan fingerprint density at radius 1 is 1.24 bits per heavy atom. The van der Waals surface area contributed by atoms with Crippen molar-refractivity contribution in [3.63, 3.8) is 0 Å². The average molecular weight is 456 g/mol. The minimum absolute atomic E-state index is 0.0185. The summed E-state index contributed by atoms with van der Waals surface area (Å²) in [7, 11) is -4.38. The van der Waals surface area contributed by atoms with Crippen LogP contribution < -0.4 is 0 Å². The van der Waals surface area contributed by atoms with E-state index < -0.39 is 49.7 Å². The van der Waals surface area contributed by atoms with Crippen molar-refractivity contribution in [2.24, 2.45) is 0 Å². The quantitative estimate of drug-likeness (QED) is 0.712. The Morgan fingerprint density at radius 3 is 2.31 bits per heavy atom. The van der Waals surface area contributed by atoms with Gasteiger partial charge in [-0.05, 0) is 25.1 Å². The van der Waals surface area contributed by atoms with E-state index >= 15 is 0 Å². The Labute approximate surface area is 171 Å². The molecule has 0 saturated carbocycles. The molecular weight excluding hydrogens is 435 g/mol. The molecule has 0 bridgehead atoms. The summed E-state index contributed by atoms with van der Waals surface area (Å²) in [6, 6.07) is 0.964. The van der Waals surface area contributed by atoms with Gasteiger partial charge in [-0.2, -0.15) is 17.5 Å². The molecule has 1 aromatic heterocycles. The molecule has 0 unspecified atom stereocenters. The number of aliphatic hydroxyl groups excluding tert-OH is 1. The summed E-state index contributed by atoms with van der Waals surface area (Å²) in [5.74, 6) is 0.267. The molecule has 0 amide bonds. The van der Waals surface area contributed by atoms with Gasteiger partial charge in [0, 0.05) is 12.0 Å². The number of hydrogen-bond donors (Lipinski definition) is 1. The van der Waals surface area contributed by atoms with Crippen LogP contribution in [0.5, 0.6) is 0 Å². The minimum atomic E-state index is -4.67. The van der Waals surface area contributed by atoms with Crippen molar-refractivity contribution >= 4 is 21.6 Å². The Morgan fingerprint density at radius 2 is 1.86 bits per heavy atom. The van der Waals surface area contributed by atoms with Crippen LogP contribution in [0.1, 0.15) is 51.1 Å². The fourth-order valence-electron chi connectivity index (χ4n) is 2.46. The van der Waals surface area contributed by atoms with Gasteiger partial charge in [-0.15, -0.1) is 10.2 Å². The number of aliphatic hydroxyl groups is 1. The van der Waals surface area contributed by atoms with E-state index in [1.807, 2.05) is 20.8 Å². The molecular formula is C17H21ClF3N3O4S. The standard InChI is InChI=1S/C17H21ClF3N3O4S/c1-10(14-22-23-15(28-14)16(2,3)4)24(7-8-25)29(26,27)13-6-5-11(9-12(13)18)17(19,20)21/h5-6,9-10,25H,7-8H2,1-4H3/t10-/m0/s1. The van der Waals surface area contributed by atoms with Crippen molar-refractivity contribution in [3.05, 3.63) is 40.6 Å². The van der Waals surface area contributed by atoms with Gasteiger partial charge < -0.3 is 9.52 Å². The maximum absolute atomic E-state index is 13.1. The average Bonchev–Trinajstić information content (AvgIpc) is 3.08. The van der Waals surface area contributed by atoms with Crippen molar-refractivity contribution in [2.45, 2.75) is 50.2 Å². The Hall–Kier alpha value is -1.69. The Kier molecular flexibility index (Phi) is 6.68. The molecule has 162 valence electrons. The van der Waals surface area contributed by atoms with Crippen molar-refractivity contribution in [1.29, 1.82) is 0 Å². The molecule has 2 rings (SSSR count). The topological polar surface area (TPSA) is 96.5 Å². The number of halogens is 4. The van der Waals surface area contributed by atoms with Crippen LogP contribution in [0, 0.1) is 0 Å². The lowest BCUT2D eigenvalue weighted by atomic mass is 9.97. The molecule has 0 radical (unpaired) electrons. The molecule has 1 N–H and O–H groups in total. The number of benzene rings is 1. The number of rotatable bonds is 6. The molecule has 0 aliphatic rings. The van der Waals surface area contributed by atoms with Gasteiger partial charge in [0.05, 0.1) is 17.2 Å². The van der Waals surface area contributed by atoms with E-state index in [-0.39, 0.29) is 18.3 Å². The second-order valence-electron chi connectivity index (χ2n) is 7.35. The summed E-state index contributed by atoms with van der Waals surface area (Å²) in [6.45, 7) is 6.07. The summed E-state index contributed by atoms with van der Waals surface area (Å²) in [6.07, 6.45) is -4.67. The zero-order chi connectivity index (χ0) is 22.2. The van der Waals surface area contributed by atoms with E-state index in [2.05, 4.69) is 10.2 Å². The van der Waals surface area contributed by atoms with Crippen LogP contribution in [-0.4, -0.2) is 41.2 Å². The number of hydrogen-bond acceptors (Lipinski definition) is 6. The molecule has 0 saturated heterocycles. The lowest BCUT2D eigenvalue weighted by Gasteiger charge is -2.26. The van der Waals surface area contributed by atoms with Gasteiger partial charge in [0.2, 0.25) is 21.8 Å². The highest BCUT2D eigenvalue weighted by molar-refractivity contribution is 7.89. The van der Waals surface area contributed by atoms with E-state index in [9.17, 15) is 26.7 Å². The number of aromatic nitrogens is 2. The van der Waals surface area contributed by atoms with Gasteiger partial charge >= 0.3 is 6.18 Å². The summed E-state index contributed by atoms with van der Waals surface area (Å²) < 4.78 is 71.1. The third-order valence-corrected chi connectivity index (χ3v) is 6.49. The summed E-state index contributed by atoms with van der Waals surface area (Å²) >= 11 is 5.86. The first-order chi connectivity index (χ1) is 13.2. The summed E-state index contributed by atoms with van der Waals surface area (Å²) in [4.78, 5) is -0.525. The molecule has 1 aromatic carbocycles. The lowest BCUT2D eigenvalue weighted by Crippen LogP contribution is -2.36.